The Hall–Kier alpha value is -1.28. The number of rotatable bonds is 15. The molecule has 0 aliphatic carbocycles. The predicted octanol–water partition coefficient (Wildman–Crippen LogP) is -8.11. The fourth-order valence-electron chi connectivity index (χ4n) is 11.9. The quantitative estimate of drug-likeness (QED) is 0.0724. The molecule has 0 radical (unpaired) electrons. The van der Waals surface area contributed by atoms with Crippen molar-refractivity contribution >= 4 is 0 Å². The van der Waals surface area contributed by atoms with Crippen LogP contribution in [-0.4, -0.2) is 349 Å². The lowest BCUT2D eigenvalue weighted by molar-refractivity contribution is -0.374. The number of aliphatic hydroxyl groups is 21. The Morgan fingerprint density at radius 2 is 0.528 bits per heavy atom. The Bertz CT molecular complexity index is 2060. The molecule has 35 atom stereocenters. The molecule has 7 heterocycles. The molecule has 0 aromatic carbocycles. The van der Waals surface area contributed by atoms with Gasteiger partial charge in [0.2, 0.25) is 0 Å². The summed E-state index contributed by atoms with van der Waals surface area (Å²) in [4.78, 5) is 0. The van der Waals surface area contributed by atoms with Crippen LogP contribution in [0.15, 0.2) is 0 Å². The average Bonchev–Trinajstić information content (AvgIpc) is 0.889. The van der Waals surface area contributed by atoms with Gasteiger partial charge in [-0.2, -0.15) is 0 Å². The Morgan fingerprint density at radius 1 is 0.258 bits per heavy atom. The summed E-state index contributed by atoms with van der Waals surface area (Å²) in [6, 6.07) is 0. The van der Waals surface area contributed by atoms with E-state index in [2.05, 4.69) is 0 Å². The highest BCUT2D eigenvalue weighted by atomic mass is 16.8. The second kappa shape index (κ2) is 32.6. The van der Waals surface area contributed by atoms with Crippen molar-refractivity contribution < 1.29 is 159 Å². The molecule has 0 amide bonds. The lowest BCUT2D eigenvalue weighted by atomic mass is 9.79. The summed E-state index contributed by atoms with van der Waals surface area (Å²) >= 11 is 0. The Kier molecular flexibility index (Phi) is 28.8. The molecule has 7 fully saturated rings. The summed E-state index contributed by atoms with van der Waals surface area (Å²) in [5, 5.41) is 213. The highest BCUT2D eigenvalue weighted by Gasteiger charge is 2.58. The number of hydrogen-bond acceptors (Lipinski definition) is 32. The molecule has 7 rings (SSSR count). The molecule has 32 nitrogen and oxygen atoms in total. The number of ether oxygens (including phenoxy) is 11. The zero-order chi connectivity index (χ0) is 67.4. The standard InChI is InChI=1S/C23H42O14.2C17H32O9/c1-8-9(5-24)34-21(16(31)12(8)27)36-18-14(29)11(7-26)33-20(23(2,3)4)19(18)37-22-17(32)15(30)13(28)10(6-25)35-22;1-7-8(5-18)25-16(12(22)10(7)20)26-14-11(21)9(6-19)24-15(13(14)23)17(2,3)4;1-5-7-9(19)11(21)13(23)16(25-7)26-14-12(22)10(20)8(6-18)24-15(14)17(2,3)4/h8-22,24-32H,5-7H2,1-4H3;2*7-16,18-23H,5-6H2,1-4H3/t8-,9-,10-,11-,12+,13-,14-,15+,16-,17-,18+,19-,20?,21+,22+;7-,8-,9-,10+,11-,12-,13-,14+,15?,16+;7-,8-,9-,10-,11+,12+,13-,14-,15?,16+/m111/s1. The monoisotopic (exact) mass is 1300 g/mol. The van der Waals surface area contributed by atoms with Crippen LogP contribution in [0.2, 0.25) is 0 Å². The summed E-state index contributed by atoms with van der Waals surface area (Å²) in [7, 11) is 0. The van der Waals surface area contributed by atoms with Crippen molar-refractivity contribution in [3.8, 4) is 0 Å². The molecular formula is C57H106O32. The van der Waals surface area contributed by atoms with Crippen molar-refractivity contribution in [1.29, 1.82) is 0 Å². The fraction of sp³-hybridized carbons (Fsp3) is 1.00. The van der Waals surface area contributed by atoms with Gasteiger partial charge in [-0.15, -0.1) is 0 Å². The van der Waals surface area contributed by atoms with E-state index in [-0.39, 0.29) is 6.61 Å². The van der Waals surface area contributed by atoms with E-state index in [4.69, 9.17) is 52.1 Å². The zero-order valence-corrected chi connectivity index (χ0v) is 52.5. The zero-order valence-electron chi connectivity index (χ0n) is 52.5. The van der Waals surface area contributed by atoms with Gasteiger partial charge in [0, 0.05) is 11.8 Å². The van der Waals surface area contributed by atoms with Crippen molar-refractivity contribution in [3.05, 3.63) is 0 Å². The van der Waals surface area contributed by atoms with Crippen LogP contribution < -0.4 is 0 Å². The van der Waals surface area contributed by atoms with Crippen molar-refractivity contribution in [2.45, 2.75) is 292 Å². The summed E-state index contributed by atoms with van der Waals surface area (Å²) in [5.41, 5.74) is -1.76. The van der Waals surface area contributed by atoms with Crippen molar-refractivity contribution in [2.24, 2.45) is 28.1 Å². The highest BCUT2D eigenvalue weighted by molar-refractivity contribution is 5.03. The maximum Gasteiger partial charge on any atom is 0.187 e. The normalized spacial score (nSPS) is 48.6. The van der Waals surface area contributed by atoms with E-state index >= 15 is 0 Å². The van der Waals surface area contributed by atoms with E-state index in [1.54, 1.807) is 41.5 Å². The molecule has 0 saturated carbocycles. The second-order valence-electron chi connectivity index (χ2n) is 27.5. The van der Waals surface area contributed by atoms with Crippen LogP contribution in [0.1, 0.15) is 89.5 Å². The molecule has 7 aliphatic rings. The van der Waals surface area contributed by atoms with Gasteiger partial charge >= 0.3 is 0 Å². The van der Waals surface area contributed by atoms with Crippen LogP contribution in [0, 0.1) is 28.1 Å². The molecule has 89 heavy (non-hydrogen) atoms. The van der Waals surface area contributed by atoms with Crippen molar-refractivity contribution in [3.63, 3.8) is 0 Å². The summed E-state index contributed by atoms with van der Waals surface area (Å²) in [6.07, 6.45) is -41.4. The molecule has 7 saturated heterocycles. The molecule has 32 heteroatoms. The first-order valence-corrected chi connectivity index (χ1v) is 30.4. The van der Waals surface area contributed by atoms with Gasteiger partial charge in [0.15, 0.2) is 25.2 Å². The van der Waals surface area contributed by atoms with Crippen LogP contribution >= 0.6 is 0 Å². The van der Waals surface area contributed by atoms with E-state index < -0.39 is 263 Å². The lowest BCUT2D eigenvalue weighted by Crippen LogP contribution is -2.68. The number of hydrogen-bond donors (Lipinski definition) is 21. The van der Waals surface area contributed by atoms with Gasteiger partial charge in [0.1, 0.15) is 128 Å². The van der Waals surface area contributed by atoms with Crippen LogP contribution in [-0.2, 0) is 52.1 Å². The maximum atomic E-state index is 11.1. The number of aliphatic hydroxyl groups excluding tert-OH is 21. The second-order valence-corrected chi connectivity index (χ2v) is 27.5. The third-order valence-corrected chi connectivity index (χ3v) is 17.7. The first-order valence-electron chi connectivity index (χ1n) is 30.4. The van der Waals surface area contributed by atoms with Gasteiger partial charge in [0.25, 0.3) is 0 Å². The van der Waals surface area contributed by atoms with E-state index in [1.807, 2.05) is 41.5 Å². The largest absolute Gasteiger partial charge is 0.394 e. The van der Waals surface area contributed by atoms with Gasteiger partial charge in [-0.25, -0.2) is 0 Å². The smallest absolute Gasteiger partial charge is 0.187 e. The van der Waals surface area contributed by atoms with Gasteiger partial charge < -0.3 is 159 Å². The summed E-state index contributed by atoms with van der Waals surface area (Å²) in [5.74, 6) is -1.15. The van der Waals surface area contributed by atoms with Gasteiger partial charge in [0.05, 0.1) is 88.5 Å². The van der Waals surface area contributed by atoms with Gasteiger partial charge in [-0.3, -0.25) is 0 Å². The first-order chi connectivity index (χ1) is 41.3. The molecule has 21 N–H and O–H groups in total. The van der Waals surface area contributed by atoms with E-state index in [0.29, 0.717) is 6.42 Å². The third kappa shape index (κ3) is 17.9. The van der Waals surface area contributed by atoms with E-state index in [0.717, 1.165) is 0 Å². The molecule has 0 aromatic rings. The minimum Gasteiger partial charge on any atom is -0.394 e. The molecule has 0 bridgehead atoms. The fourth-order valence-corrected chi connectivity index (χ4v) is 11.9. The Labute approximate surface area is 517 Å². The minimum atomic E-state index is -1.76. The molecule has 0 aromatic heterocycles. The van der Waals surface area contributed by atoms with E-state index in [9.17, 15) is 107 Å². The minimum absolute atomic E-state index is 0.381. The third-order valence-electron chi connectivity index (χ3n) is 17.7. The molecule has 526 valence electrons. The SMILES string of the molecule is CC[C@H]1O[C@@H](O[C@H]2C(C(C)(C)C)O[C@H](CO)[C@@H](O)[C@@H]2O)[C@H](O)[C@@H](O)[C@@H]1O.C[C@H]1[C@H](O)[C@@H](O)[C@H](O[C@H]2[C@H](O)[C@@H](CO)OC(C(C)(C)C)[C@@H]2O)O[C@@H]1CO.C[C@H]1[C@H](O)[C@@H](O)[C@H](O[C@H]2[C@H](O)[C@@H](CO)OC(C(C)(C)C)[C@@H]2O[C@@H]2O[C@H](CO)[C@@H](O)[C@H](O)[C@H]2O)O[C@@H]1CO. The van der Waals surface area contributed by atoms with Crippen molar-refractivity contribution in [1.82, 2.24) is 0 Å². The molecular weight excluding hydrogens is 1200 g/mol. The Morgan fingerprint density at radius 3 is 0.910 bits per heavy atom. The van der Waals surface area contributed by atoms with Gasteiger partial charge in [-0.05, 0) is 22.7 Å². The van der Waals surface area contributed by atoms with Gasteiger partial charge in [-0.1, -0.05) is 83.1 Å². The van der Waals surface area contributed by atoms with E-state index in [1.165, 1.54) is 0 Å². The summed E-state index contributed by atoms with van der Waals surface area (Å²) in [6.45, 7) is 18.2. The van der Waals surface area contributed by atoms with Crippen LogP contribution in [0.4, 0.5) is 0 Å². The van der Waals surface area contributed by atoms with Crippen LogP contribution in [0.5, 0.6) is 0 Å². The first kappa shape index (κ1) is 78.4. The predicted molar refractivity (Wildman–Crippen MR) is 300 cm³/mol. The lowest BCUT2D eigenvalue weighted by Gasteiger charge is -2.52. The highest BCUT2D eigenvalue weighted by Crippen LogP contribution is 2.42. The van der Waals surface area contributed by atoms with Crippen LogP contribution in [0.3, 0.4) is 0 Å². The maximum absolute atomic E-state index is 11.1. The topological polar surface area (TPSA) is 526 Å². The average molecular weight is 1300 g/mol. The molecule has 3 unspecified atom stereocenters. The summed E-state index contributed by atoms with van der Waals surface area (Å²) < 4.78 is 62.8. The molecule has 7 aliphatic heterocycles. The van der Waals surface area contributed by atoms with Crippen molar-refractivity contribution in [2.75, 3.05) is 39.6 Å². The molecule has 0 spiro atoms. The van der Waals surface area contributed by atoms with Crippen LogP contribution in [0.25, 0.3) is 0 Å². The Balaban J connectivity index is 0.000000249.